The van der Waals surface area contributed by atoms with E-state index in [1.54, 1.807) is 0 Å². The summed E-state index contributed by atoms with van der Waals surface area (Å²) >= 11 is 1.46. The zero-order valence-corrected chi connectivity index (χ0v) is 14.5. The number of aryl methyl sites for hydroxylation is 1. The molecule has 11 heteroatoms. The Morgan fingerprint density at radius 1 is 1.37 bits per heavy atom. The van der Waals surface area contributed by atoms with E-state index in [1.807, 2.05) is 22.5 Å². The third-order valence-corrected chi connectivity index (χ3v) is 4.37. The molecular formula is C16H13F3N4O3S. The SMILES string of the molecule is O=C(CCCc1nc(-c2cccs2)no1)Nc1cc(C(F)(F)F)c[nH]c1=O. The van der Waals surface area contributed by atoms with E-state index in [4.69, 9.17) is 4.52 Å². The zero-order valence-electron chi connectivity index (χ0n) is 13.7. The molecule has 7 nitrogen and oxygen atoms in total. The number of halogens is 3. The molecule has 3 heterocycles. The van der Waals surface area contributed by atoms with Crippen LogP contribution in [0.5, 0.6) is 0 Å². The first-order valence-electron chi connectivity index (χ1n) is 7.79. The normalized spacial score (nSPS) is 11.5. The molecule has 3 aromatic rings. The highest BCUT2D eigenvalue weighted by Gasteiger charge is 2.31. The number of carbonyl (C=O) groups is 1. The minimum absolute atomic E-state index is 0.0214. The molecule has 0 aliphatic rings. The maximum Gasteiger partial charge on any atom is 0.417 e. The number of anilines is 1. The van der Waals surface area contributed by atoms with Crippen LogP contribution >= 0.6 is 11.3 Å². The summed E-state index contributed by atoms with van der Waals surface area (Å²) < 4.78 is 43.1. The average Bonchev–Trinajstić information content (AvgIpc) is 3.27. The first-order valence-corrected chi connectivity index (χ1v) is 8.67. The van der Waals surface area contributed by atoms with Gasteiger partial charge in [0.25, 0.3) is 5.56 Å². The van der Waals surface area contributed by atoms with Gasteiger partial charge >= 0.3 is 6.18 Å². The standard InChI is InChI=1S/C16H13F3N4O3S/c17-16(18,19)9-7-10(15(25)20-8-9)21-12(24)4-1-5-13-22-14(23-26-13)11-3-2-6-27-11/h2-3,6-8H,1,4-5H2,(H,20,25)(H,21,24). The number of aromatic nitrogens is 3. The fourth-order valence-electron chi connectivity index (χ4n) is 2.22. The summed E-state index contributed by atoms with van der Waals surface area (Å²) in [4.78, 5) is 30.5. The van der Waals surface area contributed by atoms with Crippen LogP contribution in [0.1, 0.15) is 24.3 Å². The van der Waals surface area contributed by atoms with Gasteiger partial charge in [-0.15, -0.1) is 11.3 Å². The second kappa shape index (κ2) is 7.74. The van der Waals surface area contributed by atoms with Crippen LogP contribution in [-0.2, 0) is 17.4 Å². The van der Waals surface area contributed by atoms with Crippen molar-refractivity contribution in [3.63, 3.8) is 0 Å². The van der Waals surface area contributed by atoms with E-state index in [2.05, 4.69) is 15.5 Å². The minimum Gasteiger partial charge on any atom is -0.339 e. The molecule has 0 unspecified atom stereocenters. The van der Waals surface area contributed by atoms with Crippen molar-refractivity contribution in [3.05, 3.63) is 51.6 Å². The topological polar surface area (TPSA) is 101 Å². The number of thiophene rings is 1. The van der Waals surface area contributed by atoms with Gasteiger partial charge in [0.05, 0.1) is 10.4 Å². The molecule has 0 aliphatic carbocycles. The quantitative estimate of drug-likeness (QED) is 0.662. The second-order valence-electron chi connectivity index (χ2n) is 5.52. The van der Waals surface area contributed by atoms with Gasteiger partial charge < -0.3 is 14.8 Å². The van der Waals surface area contributed by atoms with Crippen molar-refractivity contribution < 1.29 is 22.5 Å². The Morgan fingerprint density at radius 3 is 2.89 bits per heavy atom. The summed E-state index contributed by atoms with van der Waals surface area (Å²) in [7, 11) is 0. The number of alkyl halides is 3. The maximum atomic E-state index is 12.7. The van der Waals surface area contributed by atoms with Crippen molar-refractivity contribution in [1.82, 2.24) is 15.1 Å². The van der Waals surface area contributed by atoms with Gasteiger partial charge in [0.15, 0.2) is 0 Å². The lowest BCUT2D eigenvalue weighted by atomic mass is 10.2. The molecule has 0 saturated heterocycles. The number of nitrogens with one attached hydrogen (secondary N) is 2. The molecule has 142 valence electrons. The van der Waals surface area contributed by atoms with Crippen molar-refractivity contribution in [1.29, 1.82) is 0 Å². The highest BCUT2D eigenvalue weighted by Crippen LogP contribution is 2.29. The van der Waals surface area contributed by atoms with Crippen molar-refractivity contribution in [2.75, 3.05) is 5.32 Å². The van der Waals surface area contributed by atoms with Crippen LogP contribution in [0.3, 0.4) is 0 Å². The highest BCUT2D eigenvalue weighted by atomic mass is 32.1. The molecule has 0 atom stereocenters. The number of rotatable bonds is 6. The third kappa shape index (κ3) is 4.82. The Kier molecular flexibility index (Phi) is 5.40. The Labute approximate surface area is 154 Å². The molecule has 2 N–H and O–H groups in total. The minimum atomic E-state index is -4.62. The molecule has 0 bridgehead atoms. The van der Waals surface area contributed by atoms with E-state index in [0.717, 1.165) is 4.88 Å². The number of hydrogen-bond acceptors (Lipinski definition) is 6. The number of amides is 1. The summed E-state index contributed by atoms with van der Waals surface area (Å²) in [6, 6.07) is 4.30. The van der Waals surface area contributed by atoms with Crippen LogP contribution < -0.4 is 10.9 Å². The number of aromatic amines is 1. The van der Waals surface area contributed by atoms with Crippen LogP contribution in [0.4, 0.5) is 18.9 Å². The number of hydrogen-bond donors (Lipinski definition) is 2. The Bertz CT molecular complexity index is 979. The summed E-state index contributed by atoms with van der Waals surface area (Å²) in [5, 5.41) is 7.91. The fourth-order valence-corrected chi connectivity index (χ4v) is 2.86. The first-order chi connectivity index (χ1) is 12.8. The lowest BCUT2D eigenvalue weighted by molar-refractivity contribution is -0.137. The molecule has 0 aliphatic heterocycles. The van der Waals surface area contributed by atoms with Gasteiger partial charge in [-0.1, -0.05) is 11.2 Å². The van der Waals surface area contributed by atoms with Gasteiger partial charge in [0.1, 0.15) is 5.69 Å². The number of carbonyl (C=O) groups excluding carboxylic acids is 1. The molecule has 0 aromatic carbocycles. The number of H-pyrrole nitrogens is 1. The van der Waals surface area contributed by atoms with E-state index in [1.165, 1.54) is 11.3 Å². The van der Waals surface area contributed by atoms with E-state index in [-0.39, 0.29) is 6.42 Å². The molecule has 3 aromatic heterocycles. The van der Waals surface area contributed by atoms with Gasteiger partial charge in [-0.2, -0.15) is 18.2 Å². The number of nitrogens with zero attached hydrogens (tertiary/aromatic N) is 2. The van der Waals surface area contributed by atoms with Gasteiger partial charge in [0, 0.05) is 19.0 Å². The van der Waals surface area contributed by atoms with Crippen LogP contribution in [0.15, 0.2) is 39.1 Å². The summed E-state index contributed by atoms with van der Waals surface area (Å²) in [6.07, 6.45) is -3.44. The first kappa shape index (κ1) is 18.8. The molecule has 0 spiro atoms. The van der Waals surface area contributed by atoms with Crippen LogP contribution in [0.25, 0.3) is 10.7 Å². The highest BCUT2D eigenvalue weighted by molar-refractivity contribution is 7.13. The van der Waals surface area contributed by atoms with E-state index < -0.39 is 28.9 Å². The summed E-state index contributed by atoms with van der Waals surface area (Å²) in [6.45, 7) is 0. The molecule has 0 saturated carbocycles. The summed E-state index contributed by atoms with van der Waals surface area (Å²) in [5.74, 6) is 0.223. The van der Waals surface area contributed by atoms with E-state index in [0.29, 0.717) is 36.8 Å². The fraction of sp³-hybridized carbons (Fsp3) is 0.250. The van der Waals surface area contributed by atoms with Gasteiger partial charge in [-0.25, -0.2) is 0 Å². The smallest absolute Gasteiger partial charge is 0.339 e. The van der Waals surface area contributed by atoms with Crippen LogP contribution in [0.2, 0.25) is 0 Å². The molecule has 27 heavy (non-hydrogen) atoms. The van der Waals surface area contributed by atoms with E-state index >= 15 is 0 Å². The lowest BCUT2D eigenvalue weighted by Crippen LogP contribution is -2.21. The van der Waals surface area contributed by atoms with Crippen LogP contribution in [-0.4, -0.2) is 21.0 Å². The van der Waals surface area contributed by atoms with Gasteiger partial charge in [-0.05, 0) is 23.9 Å². The monoisotopic (exact) mass is 398 g/mol. The second-order valence-corrected chi connectivity index (χ2v) is 6.47. The van der Waals surface area contributed by atoms with E-state index in [9.17, 15) is 22.8 Å². The van der Waals surface area contributed by atoms with Crippen molar-refractivity contribution >= 4 is 22.9 Å². The van der Waals surface area contributed by atoms with Gasteiger partial charge in [0.2, 0.25) is 17.6 Å². The van der Waals surface area contributed by atoms with Crippen LogP contribution in [0, 0.1) is 0 Å². The molecule has 1 amide bonds. The molecular weight excluding hydrogens is 385 g/mol. The predicted octanol–water partition coefficient (Wildman–Crippen LogP) is 3.47. The Hall–Kier alpha value is -2.95. The molecule has 0 fully saturated rings. The van der Waals surface area contributed by atoms with Crippen molar-refractivity contribution in [2.24, 2.45) is 0 Å². The van der Waals surface area contributed by atoms with Crippen molar-refractivity contribution in [2.45, 2.75) is 25.4 Å². The van der Waals surface area contributed by atoms with Crippen molar-refractivity contribution in [3.8, 4) is 10.7 Å². The van der Waals surface area contributed by atoms with Gasteiger partial charge in [-0.3, -0.25) is 9.59 Å². The summed E-state index contributed by atoms with van der Waals surface area (Å²) in [5.41, 5.74) is -2.31. The molecule has 3 rings (SSSR count). The number of pyridine rings is 1. The third-order valence-electron chi connectivity index (χ3n) is 3.51. The Morgan fingerprint density at radius 2 is 2.19 bits per heavy atom. The largest absolute Gasteiger partial charge is 0.417 e. The zero-order chi connectivity index (χ0) is 19.4. The predicted molar refractivity (Wildman–Crippen MR) is 91.2 cm³/mol. The molecule has 0 radical (unpaired) electrons. The maximum absolute atomic E-state index is 12.7. The Balaban J connectivity index is 1.54. The average molecular weight is 398 g/mol. The lowest BCUT2D eigenvalue weighted by Gasteiger charge is -2.09.